The Kier molecular flexibility index (Phi) is 4.96. The molecule has 4 aromatic heterocycles. The maximum absolute atomic E-state index is 5.95. The van der Waals surface area contributed by atoms with Gasteiger partial charge in [0.1, 0.15) is 5.65 Å². The molecule has 1 N–H and O–H groups in total. The molecule has 0 saturated carbocycles. The van der Waals surface area contributed by atoms with E-state index in [0.717, 1.165) is 70.5 Å². The maximum atomic E-state index is 5.95. The van der Waals surface area contributed by atoms with Gasteiger partial charge in [0.15, 0.2) is 11.0 Å². The molecular weight excluding hydrogens is 420 g/mol. The number of pyridine rings is 1. The Labute approximate surface area is 189 Å². The quantitative estimate of drug-likeness (QED) is 0.379. The second kappa shape index (κ2) is 8.11. The van der Waals surface area contributed by atoms with Crippen LogP contribution < -0.4 is 0 Å². The molecule has 32 heavy (non-hydrogen) atoms. The standard InChI is InChI=1S/C24H24N6OS/c1-16-6-4-10-29-13-17(26-22(16)29)15-32-24-28-27-23(30(24)14-18-7-5-11-31-18)20-12-25-21-9-3-2-8-19(20)21/h2-4,6,8-10,12-13,18,25H,5,7,11,14-15H2,1H3. The maximum Gasteiger partial charge on any atom is 0.191 e. The number of hydrogen-bond donors (Lipinski definition) is 1. The summed E-state index contributed by atoms with van der Waals surface area (Å²) in [6.45, 7) is 3.68. The molecule has 6 rings (SSSR count). The van der Waals surface area contributed by atoms with Crippen LogP contribution in [0.1, 0.15) is 24.1 Å². The topological polar surface area (TPSA) is 73.0 Å². The summed E-state index contributed by atoms with van der Waals surface area (Å²) in [7, 11) is 0. The van der Waals surface area contributed by atoms with E-state index in [9.17, 15) is 0 Å². The normalized spacial score (nSPS) is 16.5. The fourth-order valence-electron chi connectivity index (χ4n) is 4.42. The van der Waals surface area contributed by atoms with Crippen LogP contribution in [0.5, 0.6) is 0 Å². The first-order valence-corrected chi connectivity index (χ1v) is 11.9. The Morgan fingerprint density at radius 3 is 3.00 bits per heavy atom. The number of imidazole rings is 1. The second-order valence-corrected chi connectivity index (χ2v) is 9.19. The molecule has 0 aliphatic carbocycles. The summed E-state index contributed by atoms with van der Waals surface area (Å²) in [4.78, 5) is 8.18. The van der Waals surface area contributed by atoms with E-state index in [0.29, 0.717) is 0 Å². The molecule has 1 aliphatic heterocycles. The Morgan fingerprint density at radius 2 is 2.12 bits per heavy atom. The Hall–Kier alpha value is -3.10. The molecule has 1 aromatic carbocycles. The van der Waals surface area contributed by atoms with E-state index in [1.807, 2.05) is 24.5 Å². The van der Waals surface area contributed by atoms with Crippen LogP contribution in [0.2, 0.25) is 0 Å². The highest BCUT2D eigenvalue weighted by atomic mass is 32.2. The van der Waals surface area contributed by atoms with Crippen LogP contribution in [-0.2, 0) is 17.0 Å². The Balaban J connectivity index is 1.34. The van der Waals surface area contributed by atoms with E-state index >= 15 is 0 Å². The SMILES string of the molecule is Cc1cccn2cc(CSc3nnc(-c4c[nH]c5ccccc45)n3CC3CCCO3)nc12. The van der Waals surface area contributed by atoms with E-state index in [1.165, 1.54) is 5.56 Å². The van der Waals surface area contributed by atoms with Crippen LogP contribution in [0.4, 0.5) is 0 Å². The van der Waals surface area contributed by atoms with Crippen molar-refractivity contribution in [1.29, 1.82) is 0 Å². The van der Waals surface area contributed by atoms with Crippen LogP contribution in [0.25, 0.3) is 27.9 Å². The number of hydrogen-bond acceptors (Lipinski definition) is 5. The van der Waals surface area contributed by atoms with Gasteiger partial charge in [-0.25, -0.2) is 4.98 Å². The molecule has 0 radical (unpaired) electrons. The molecule has 1 aliphatic rings. The predicted molar refractivity (Wildman–Crippen MR) is 126 cm³/mol. The molecule has 1 unspecified atom stereocenters. The number of H-pyrrole nitrogens is 1. The van der Waals surface area contributed by atoms with Crippen LogP contribution in [0.15, 0.2) is 60.1 Å². The molecule has 8 heteroatoms. The number of rotatable bonds is 6. The van der Waals surface area contributed by atoms with Crippen molar-refractivity contribution in [3.05, 3.63) is 66.2 Å². The minimum absolute atomic E-state index is 0.201. The third-order valence-corrected chi connectivity index (χ3v) is 7.03. The molecular formula is C24H24N6OS. The first-order chi connectivity index (χ1) is 15.8. The zero-order valence-electron chi connectivity index (χ0n) is 17.9. The Bertz CT molecular complexity index is 1390. The molecule has 0 spiro atoms. The lowest BCUT2D eigenvalue weighted by Crippen LogP contribution is -2.16. The van der Waals surface area contributed by atoms with Gasteiger partial charge in [-0.2, -0.15) is 0 Å². The van der Waals surface area contributed by atoms with Crippen molar-refractivity contribution in [3.63, 3.8) is 0 Å². The van der Waals surface area contributed by atoms with E-state index in [2.05, 4.69) is 61.5 Å². The van der Waals surface area contributed by atoms with Gasteiger partial charge in [-0.1, -0.05) is 36.0 Å². The summed E-state index contributed by atoms with van der Waals surface area (Å²) >= 11 is 1.68. The first kappa shape index (κ1) is 19.6. The van der Waals surface area contributed by atoms with E-state index in [4.69, 9.17) is 9.72 Å². The number of aromatic nitrogens is 6. The van der Waals surface area contributed by atoms with Gasteiger partial charge in [-0.05, 0) is 37.5 Å². The zero-order valence-corrected chi connectivity index (χ0v) is 18.7. The highest BCUT2D eigenvalue weighted by Crippen LogP contribution is 2.32. The number of para-hydroxylation sites is 1. The number of fused-ring (bicyclic) bond motifs is 2. The Morgan fingerprint density at radius 1 is 1.19 bits per heavy atom. The van der Waals surface area contributed by atoms with E-state index < -0.39 is 0 Å². The lowest BCUT2D eigenvalue weighted by molar-refractivity contribution is 0.0953. The molecule has 1 atom stereocenters. The second-order valence-electron chi connectivity index (χ2n) is 8.24. The highest BCUT2D eigenvalue weighted by molar-refractivity contribution is 7.98. The number of thioether (sulfide) groups is 1. The fourth-order valence-corrected chi connectivity index (χ4v) is 5.25. The van der Waals surface area contributed by atoms with E-state index in [-0.39, 0.29) is 6.10 Å². The lowest BCUT2D eigenvalue weighted by atomic mass is 10.1. The zero-order chi connectivity index (χ0) is 21.5. The molecule has 1 saturated heterocycles. The summed E-state index contributed by atoms with van der Waals surface area (Å²) in [5, 5.41) is 11.2. The summed E-state index contributed by atoms with van der Waals surface area (Å²) in [6.07, 6.45) is 8.54. The van der Waals surface area contributed by atoms with Crippen molar-refractivity contribution >= 4 is 28.3 Å². The molecule has 1 fully saturated rings. The van der Waals surface area contributed by atoms with Crippen LogP contribution >= 0.6 is 11.8 Å². The fraction of sp³-hybridized carbons (Fsp3) is 0.292. The molecule has 7 nitrogen and oxygen atoms in total. The third-order valence-electron chi connectivity index (χ3n) is 6.03. The van der Waals surface area contributed by atoms with Crippen LogP contribution in [0, 0.1) is 6.92 Å². The van der Waals surface area contributed by atoms with Crippen molar-refractivity contribution < 1.29 is 4.74 Å². The number of nitrogens with one attached hydrogen (secondary N) is 1. The number of aromatic amines is 1. The monoisotopic (exact) mass is 444 g/mol. The van der Waals surface area contributed by atoms with Gasteiger partial charge in [0.05, 0.1) is 18.3 Å². The van der Waals surface area contributed by atoms with Crippen molar-refractivity contribution in [2.75, 3.05) is 6.61 Å². The predicted octanol–water partition coefficient (Wildman–Crippen LogP) is 4.85. The molecule has 162 valence electrons. The highest BCUT2D eigenvalue weighted by Gasteiger charge is 2.23. The third kappa shape index (κ3) is 3.49. The van der Waals surface area contributed by atoms with Gasteiger partial charge in [-0.3, -0.25) is 4.57 Å². The van der Waals surface area contributed by atoms with E-state index in [1.54, 1.807) is 11.8 Å². The summed E-state index contributed by atoms with van der Waals surface area (Å²) in [6, 6.07) is 12.4. The number of nitrogens with zero attached hydrogens (tertiary/aromatic N) is 5. The largest absolute Gasteiger partial charge is 0.376 e. The average Bonchev–Trinajstić information content (AvgIpc) is 3.59. The molecule has 0 amide bonds. The first-order valence-electron chi connectivity index (χ1n) is 10.9. The lowest BCUT2D eigenvalue weighted by Gasteiger charge is -2.14. The van der Waals surface area contributed by atoms with Gasteiger partial charge in [0.2, 0.25) is 0 Å². The van der Waals surface area contributed by atoms with Crippen LogP contribution in [0.3, 0.4) is 0 Å². The number of benzene rings is 1. The molecule has 5 heterocycles. The van der Waals surface area contributed by atoms with Gasteiger partial charge < -0.3 is 14.1 Å². The minimum Gasteiger partial charge on any atom is -0.376 e. The average molecular weight is 445 g/mol. The van der Waals surface area contributed by atoms with Crippen molar-refractivity contribution in [2.45, 2.75) is 43.3 Å². The smallest absolute Gasteiger partial charge is 0.191 e. The molecule has 5 aromatic rings. The summed E-state index contributed by atoms with van der Waals surface area (Å²) in [5.41, 5.74) is 5.38. The number of aryl methyl sites for hydroxylation is 1. The summed E-state index contributed by atoms with van der Waals surface area (Å²) < 4.78 is 10.3. The van der Waals surface area contributed by atoms with Crippen LogP contribution in [-0.4, -0.2) is 41.8 Å². The van der Waals surface area contributed by atoms with Gasteiger partial charge in [-0.15, -0.1) is 10.2 Å². The minimum atomic E-state index is 0.201. The number of ether oxygens (including phenoxy) is 1. The van der Waals surface area contributed by atoms with Crippen molar-refractivity contribution in [2.24, 2.45) is 0 Å². The molecule has 0 bridgehead atoms. The van der Waals surface area contributed by atoms with Crippen molar-refractivity contribution in [1.82, 2.24) is 29.1 Å². The van der Waals surface area contributed by atoms with Gasteiger partial charge in [0, 0.05) is 47.4 Å². The summed E-state index contributed by atoms with van der Waals surface area (Å²) in [5.74, 6) is 1.62. The van der Waals surface area contributed by atoms with Gasteiger partial charge >= 0.3 is 0 Å². The van der Waals surface area contributed by atoms with Gasteiger partial charge in [0.25, 0.3) is 0 Å². The van der Waals surface area contributed by atoms with Crippen molar-refractivity contribution in [3.8, 4) is 11.4 Å².